The molecule has 0 spiro atoms. The Morgan fingerprint density at radius 1 is 1.20 bits per heavy atom. The van der Waals surface area contributed by atoms with Gasteiger partial charge in [0.25, 0.3) is 0 Å². The lowest BCUT2D eigenvalue weighted by Crippen LogP contribution is -2.20. The van der Waals surface area contributed by atoms with E-state index in [-0.39, 0.29) is 5.41 Å². The van der Waals surface area contributed by atoms with E-state index in [0.29, 0.717) is 5.82 Å². The minimum atomic E-state index is -0.140. The van der Waals surface area contributed by atoms with Crippen molar-refractivity contribution in [2.45, 2.75) is 43.2 Å². The van der Waals surface area contributed by atoms with Crippen molar-refractivity contribution >= 4 is 17.6 Å². The zero-order chi connectivity index (χ0) is 14.8. The van der Waals surface area contributed by atoms with Crippen molar-refractivity contribution in [3.63, 3.8) is 0 Å². The van der Waals surface area contributed by atoms with Crippen LogP contribution in [0, 0.1) is 6.92 Å². The fourth-order valence-electron chi connectivity index (χ4n) is 1.58. The number of anilines is 1. The first-order valence-electron chi connectivity index (χ1n) is 6.36. The van der Waals surface area contributed by atoms with Crippen molar-refractivity contribution in [2.75, 3.05) is 5.43 Å². The minimum absolute atomic E-state index is 0.140. The Labute approximate surface area is 123 Å². The Morgan fingerprint density at radius 3 is 2.50 bits per heavy atom. The molecule has 0 bridgehead atoms. The maximum atomic E-state index is 5.56. The molecule has 0 amide bonds. The van der Waals surface area contributed by atoms with E-state index in [1.165, 1.54) is 11.8 Å². The summed E-state index contributed by atoms with van der Waals surface area (Å²) < 4.78 is 0. The van der Waals surface area contributed by atoms with Crippen molar-refractivity contribution in [1.29, 1.82) is 0 Å². The maximum Gasteiger partial charge on any atom is 0.147 e. The second-order valence-electron chi connectivity index (χ2n) is 5.49. The number of nitrogens with one attached hydrogen (secondary N) is 1. The van der Waals surface area contributed by atoms with Gasteiger partial charge in [-0.15, -0.1) is 0 Å². The molecule has 6 heteroatoms. The van der Waals surface area contributed by atoms with Gasteiger partial charge in [0, 0.05) is 17.2 Å². The summed E-state index contributed by atoms with van der Waals surface area (Å²) in [6.45, 7) is 8.18. The van der Waals surface area contributed by atoms with Gasteiger partial charge in [-0.2, -0.15) is 0 Å². The maximum absolute atomic E-state index is 5.56. The van der Waals surface area contributed by atoms with E-state index >= 15 is 0 Å². The summed E-state index contributed by atoms with van der Waals surface area (Å²) in [5.41, 5.74) is 3.44. The molecule has 0 unspecified atom stereocenters. The highest BCUT2D eigenvalue weighted by Crippen LogP contribution is 2.32. The van der Waals surface area contributed by atoms with Gasteiger partial charge in [-0.05, 0) is 30.8 Å². The Morgan fingerprint density at radius 2 is 1.95 bits per heavy atom. The van der Waals surface area contributed by atoms with Crippen LogP contribution in [0.5, 0.6) is 0 Å². The van der Waals surface area contributed by atoms with Gasteiger partial charge in [-0.1, -0.05) is 26.8 Å². The first-order chi connectivity index (χ1) is 9.41. The highest BCUT2D eigenvalue weighted by molar-refractivity contribution is 7.99. The Balaban J connectivity index is 2.46. The van der Waals surface area contributed by atoms with Gasteiger partial charge in [-0.25, -0.2) is 20.8 Å². The van der Waals surface area contributed by atoms with Gasteiger partial charge in [-0.3, -0.25) is 0 Å². The highest BCUT2D eigenvalue weighted by Gasteiger charge is 2.21. The van der Waals surface area contributed by atoms with Crippen LogP contribution >= 0.6 is 11.8 Å². The molecule has 0 fully saturated rings. The van der Waals surface area contributed by atoms with E-state index in [2.05, 4.69) is 41.1 Å². The van der Waals surface area contributed by atoms with Crippen LogP contribution in [0.3, 0.4) is 0 Å². The van der Waals surface area contributed by atoms with Crippen LogP contribution in [0.1, 0.15) is 32.2 Å². The topological polar surface area (TPSA) is 76.7 Å². The molecule has 106 valence electrons. The van der Waals surface area contributed by atoms with Crippen molar-refractivity contribution in [3.8, 4) is 0 Å². The number of rotatable bonds is 3. The summed E-state index contributed by atoms with van der Waals surface area (Å²) in [4.78, 5) is 13.5. The number of nitrogen functional groups attached to an aromatic ring is 1. The molecule has 2 aromatic heterocycles. The molecule has 0 aliphatic rings. The van der Waals surface area contributed by atoms with Crippen LogP contribution in [0.2, 0.25) is 0 Å². The SMILES string of the molecule is Cc1c(NN)nc(C(C)(C)C)nc1Sc1ccccn1. The molecule has 5 nitrogen and oxygen atoms in total. The Kier molecular flexibility index (Phi) is 4.25. The van der Waals surface area contributed by atoms with Crippen molar-refractivity contribution in [2.24, 2.45) is 5.84 Å². The van der Waals surface area contributed by atoms with Crippen molar-refractivity contribution in [1.82, 2.24) is 15.0 Å². The number of nitrogens with two attached hydrogens (primary N) is 1. The Hall–Kier alpha value is -1.66. The third-order valence-electron chi connectivity index (χ3n) is 2.75. The van der Waals surface area contributed by atoms with Gasteiger partial charge in [0.2, 0.25) is 0 Å². The third-order valence-corrected chi connectivity index (χ3v) is 3.79. The van der Waals surface area contributed by atoms with E-state index < -0.39 is 0 Å². The molecule has 3 N–H and O–H groups in total. The van der Waals surface area contributed by atoms with Crippen LogP contribution < -0.4 is 11.3 Å². The van der Waals surface area contributed by atoms with Gasteiger partial charge in [0.1, 0.15) is 21.7 Å². The molecule has 0 aromatic carbocycles. The molecule has 2 rings (SSSR count). The predicted octanol–water partition coefficient (Wildman–Crippen LogP) is 2.91. The first-order valence-corrected chi connectivity index (χ1v) is 7.18. The third kappa shape index (κ3) is 3.26. The van der Waals surface area contributed by atoms with Crippen molar-refractivity contribution in [3.05, 3.63) is 35.8 Å². The molecule has 0 saturated carbocycles. The normalized spacial score (nSPS) is 11.4. The monoisotopic (exact) mass is 289 g/mol. The van der Waals surface area contributed by atoms with Crippen LogP contribution in [0.15, 0.2) is 34.4 Å². The summed E-state index contributed by atoms with van der Waals surface area (Å²) in [7, 11) is 0. The molecular formula is C14H19N5S. The summed E-state index contributed by atoms with van der Waals surface area (Å²) in [5.74, 6) is 6.97. The summed E-state index contributed by atoms with van der Waals surface area (Å²) in [6.07, 6.45) is 1.77. The quantitative estimate of drug-likeness (QED) is 0.514. The average molecular weight is 289 g/mol. The summed E-state index contributed by atoms with van der Waals surface area (Å²) in [6, 6.07) is 5.81. The van der Waals surface area contributed by atoms with Crippen molar-refractivity contribution < 1.29 is 0 Å². The van der Waals surface area contributed by atoms with E-state index in [1.54, 1.807) is 6.20 Å². The minimum Gasteiger partial charge on any atom is -0.308 e. The van der Waals surface area contributed by atoms with Crippen LogP contribution in [-0.4, -0.2) is 15.0 Å². The number of hydrogen-bond donors (Lipinski definition) is 2. The number of pyridine rings is 1. The second-order valence-corrected chi connectivity index (χ2v) is 6.50. The highest BCUT2D eigenvalue weighted by atomic mass is 32.2. The molecule has 0 saturated heterocycles. The molecule has 0 radical (unpaired) electrons. The zero-order valence-electron chi connectivity index (χ0n) is 12.1. The van der Waals surface area contributed by atoms with Gasteiger partial charge >= 0.3 is 0 Å². The largest absolute Gasteiger partial charge is 0.308 e. The standard InChI is InChI=1S/C14H19N5S/c1-9-11(19-15)17-13(14(2,3)4)18-12(9)20-10-7-5-6-8-16-10/h5-8H,15H2,1-4H3,(H,17,18,19). The molecule has 0 aliphatic heterocycles. The number of nitrogens with zero attached hydrogens (tertiary/aromatic N) is 3. The predicted molar refractivity (Wildman–Crippen MR) is 81.6 cm³/mol. The fraction of sp³-hybridized carbons (Fsp3) is 0.357. The van der Waals surface area contributed by atoms with Crippen LogP contribution in [0.4, 0.5) is 5.82 Å². The molecule has 0 aliphatic carbocycles. The van der Waals surface area contributed by atoms with Gasteiger partial charge < -0.3 is 5.43 Å². The lowest BCUT2D eigenvalue weighted by atomic mass is 9.95. The molecule has 2 aromatic rings. The lowest BCUT2D eigenvalue weighted by molar-refractivity contribution is 0.538. The van der Waals surface area contributed by atoms with E-state index in [0.717, 1.165) is 21.4 Å². The second kappa shape index (κ2) is 5.76. The number of aromatic nitrogens is 3. The van der Waals surface area contributed by atoms with Gasteiger partial charge in [0.15, 0.2) is 0 Å². The molecule has 20 heavy (non-hydrogen) atoms. The summed E-state index contributed by atoms with van der Waals surface area (Å²) in [5, 5.41) is 1.77. The lowest BCUT2D eigenvalue weighted by Gasteiger charge is -2.19. The van der Waals surface area contributed by atoms with E-state index in [4.69, 9.17) is 5.84 Å². The number of hydrogen-bond acceptors (Lipinski definition) is 6. The Bertz CT molecular complexity index is 593. The summed E-state index contributed by atoms with van der Waals surface area (Å²) >= 11 is 1.52. The van der Waals surface area contributed by atoms with E-state index in [1.807, 2.05) is 25.1 Å². The molecule has 0 atom stereocenters. The van der Waals surface area contributed by atoms with E-state index in [9.17, 15) is 0 Å². The molecule has 2 heterocycles. The first kappa shape index (κ1) is 14.7. The average Bonchev–Trinajstić information content (AvgIpc) is 2.41. The van der Waals surface area contributed by atoms with Crippen LogP contribution in [0.25, 0.3) is 0 Å². The smallest absolute Gasteiger partial charge is 0.147 e. The molecular weight excluding hydrogens is 270 g/mol. The fourth-order valence-corrected chi connectivity index (χ4v) is 2.42. The zero-order valence-corrected chi connectivity index (χ0v) is 13.0. The van der Waals surface area contributed by atoms with Crippen LogP contribution in [-0.2, 0) is 5.41 Å². The van der Waals surface area contributed by atoms with Gasteiger partial charge in [0.05, 0.1) is 0 Å². The number of hydrazine groups is 1.